The van der Waals surface area contributed by atoms with Crippen molar-refractivity contribution in [2.75, 3.05) is 5.32 Å². The van der Waals surface area contributed by atoms with Crippen molar-refractivity contribution in [3.8, 4) is 11.3 Å². The summed E-state index contributed by atoms with van der Waals surface area (Å²) in [7, 11) is 1.64. The second-order valence-corrected chi connectivity index (χ2v) is 4.51. The number of carbonyl (C=O) groups excluding carboxylic acids is 1. The first-order valence-corrected chi connectivity index (χ1v) is 6.33. The number of aryl methyl sites for hydroxylation is 1. The number of nitrogens with one attached hydrogen (secondary N) is 2. The highest BCUT2D eigenvalue weighted by Crippen LogP contribution is 2.23. The van der Waals surface area contributed by atoms with E-state index in [1.165, 1.54) is 23.0 Å². The SMILES string of the molecule is Cn1nncc1-c1cc(F)cc(NC(=O)/C=C\C(=N)C(=O)O)c1. The molecule has 118 valence electrons. The number of amides is 1. The number of hydrogen-bond donors (Lipinski definition) is 3. The lowest BCUT2D eigenvalue weighted by atomic mass is 10.1. The molecule has 0 atom stereocenters. The van der Waals surface area contributed by atoms with E-state index in [0.717, 1.165) is 18.2 Å². The van der Waals surface area contributed by atoms with Gasteiger partial charge in [-0.25, -0.2) is 13.9 Å². The number of aliphatic carboxylic acids is 1. The van der Waals surface area contributed by atoms with Gasteiger partial charge in [0.05, 0.1) is 11.9 Å². The van der Waals surface area contributed by atoms with Crippen molar-refractivity contribution in [1.29, 1.82) is 5.41 Å². The van der Waals surface area contributed by atoms with Crippen LogP contribution in [0.2, 0.25) is 0 Å². The molecule has 23 heavy (non-hydrogen) atoms. The smallest absolute Gasteiger partial charge is 0.353 e. The predicted octanol–water partition coefficient (Wildman–Crippen LogP) is 1.22. The van der Waals surface area contributed by atoms with Crippen molar-refractivity contribution >= 4 is 23.3 Å². The molecule has 8 nitrogen and oxygen atoms in total. The molecule has 2 aromatic rings. The minimum absolute atomic E-state index is 0.178. The molecule has 2 rings (SSSR count). The number of halogens is 1. The molecular weight excluding hydrogens is 305 g/mol. The number of carboxylic acids is 1. The third-order valence-electron chi connectivity index (χ3n) is 2.81. The van der Waals surface area contributed by atoms with E-state index in [1.807, 2.05) is 0 Å². The Morgan fingerprint density at radius 3 is 2.70 bits per heavy atom. The van der Waals surface area contributed by atoms with Crippen LogP contribution in [0.25, 0.3) is 11.3 Å². The summed E-state index contributed by atoms with van der Waals surface area (Å²) in [6.07, 6.45) is 3.17. The molecule has 0 spiro atoms. The van der Waals surface area contributed by atoms with Crippen LogP contribution in [0.1, 0.15) is 0 Å². The van der Waals surface area contributed by atoms with Crippen LogP contribution in [0.4, 0.5) is 10.1 Å². The van der Waals surface area contributed by atoms with Gasteiger partial charge >= 0.3 is 5.97 Å². The van der Waals surface area contributed by atoms with E-state index in [-0.39, 0.29) is 5.69 Å². The lowest BCUT2D eigenvalue weighted by Gasteiger charge is -2.06. The molecule has 0 bridgehead atoms. The Kier molecular flexibility index (Phi) is 4.60. The number of rotatable bonds is 5. The monoisotopic (exact) mass is 317 g/mol. The van der Waals surface area contributed by atoms with Crippen molar-refractivity contribution in [3.63, 3.8) is 0 Å². The molecule has 1 aromatic heterocycles. The summed E-state index contributed by atoms with van der Waals surface area (Å²) in [5, 5.41) is 25.4. The maximum absolute atomic E-state index is 13.7. The fourth-order valence-electron chi connectivity index (χ4n) is 1.77. The standard InChI is InChI=1S/C14H12FN5O3/c1-20-12(7-17-19-20)8-4-9(15)6-10(5-8)18-13(21)3-2-11(16)14(22)23/h2-7,16H,1H3,(H,18,21)(H,22,23)/b3-2-,16-11?. The maximum atomic E-state index is 13.7. The fourth-order valence-corrected chi connectivity index (χ4v) is 1.77. The molecule has 3 N–H and O–H groups in total. The lowest BCUT2D eigenvalue weighted by Crippen LogP contribution is -2.12. The second kappa shape index (κ2) is 6.60. The first kappa shape index (κ1) is 16.0. The van der Waals surface area contributed by atoms with Gasteiger partial charge in [0.25, 0.3) is 0 Å². The Hall–Kier alpha value is -3.36. The van der Waals surface area contributed by atoms with E-state index < -0.39 is 23.4 Å². The zero-order chi connectivity index (χ0) is 17.0. The van der Waals surface area contributed by atoms with E-state index >= 15 is 0 Å². The third kappa shape index (κ3) is 4.06. The Balaban J connectivity index is 2.19. The number of aromatic nitrogens is 3. The molecule has 0 aliphatic rings. The largest absolute Gasteiger partial charge is 0.477 e. The molecule has 1 heterocycles. The number of hydrogen-bond acceptors (Lipinski definition) is 5. The highest BCUT2D eigenvalue weighted by Gasteiger charge is 2.09. The molecule has 1 aromatic carbocycles. The number of benzene rings is 1. The average Bonchev–Trinajstić information content (AvgIpc) is 2.90. The lowest BCUT2D eigenvalue weighted by molar-refractivity contribution is -0.129. The number of anilines is 1. The molecular formula is C14H12FN5O3. The first-order chi connectivity index (χ1) is 10.9. The van der Waals surface area contributed by atoms with Gasteiger partial charge in [-0.2, -0.15) is 0 Å². The Morgan fingerprint density at radius 2 is 2.09 bits per heavy atom. The summed E-state index contributed by atoms with van der Waals surface area (Å²) >= 11 is 0. The zero-order valence-electron chi connectivity index (χ0n) is 11.9. The van der Waals surface area contributed by atoms with E-state index in [0.29, 0.717) is 11.3 Å². The van der Waals surface area contributed by atoms with Gasteiger partial charge in [0.1, 0.15) is 11.5 Å². The van der Waals surface area contributed by atoms with Gasteiger partial charge in [0, 0.05) is 24.4 Å². The van der Waals surface area contributed by atoms with Gasteiger partial charge in [-0.15, -0.1) is 5.10 Å². The molecule has 0 aliphatic carbocycles. The van der Waals surface area contributed by atoms with Crippen LogP contribution in [-0.2, 0) is 16.6 Å². The van der Waals surface area contributed by atoms with Crippen LogP contribution in [-0.4, -0.2) is 37.7 Å². The van der Waals surface area contributed by atoms with Crippen molar-refractivity contribution in [3.05, 3.63) is 42.4 Å². The number of carboxylic acid groups (broad SMARTS) is 1. The van der Waals surface area contributed by atoms with Crippen LogP contribution < -0.4 is 5.32 Å². The molecule has 0 saturated carbocycles. The fraction of sp³-hybridized carbons (Fsp3) is 0.0714. The van der Waals surface area contributed by atoms with Gasteiger partial charge in [0.2, 0.25) is 5.91 Å². The van der Waals surface area contributed by atoms with E-state index in [4.69, 9.17) is 10.5 Å². The van der Waals surface area contributed by atoms with Crippen LogP contribution >= 0.6 is 0 Å². The van der Waals surface area contributed by atoms with E-state index in [2.05, 4.69) is 15.6 Å². The van der Waals surface area contributed by atoms with Gasteiger partial charge < -0.3 is 10.4 Å². The van der Waals surface area contributed by atoms with Crippen LogP contribution in [0, 0.1) is 11.2 Å². The Labute approximate surface area is 129 Å². The van der Waals surface area contributed by atoms with Gasteiger partial charge in [0.15, 0.2) is 0 Å². The van der Waals surface area contributed by atoms with Crippen molar-refractivity contribution in [2.24, 2.45) is 7.05 Å². The summed E-state index contributed by atoms with van der Waals surface area (Å²) in [5.74, 6) is -2.71. The topological polar surface area (TPSA) is 121 Å². The molecule has 1 amide bonds. The van der Waals surface area contributed by atoms with Gasteiger partial charge in [-0.3, -0.25) is 10.2 Å². The molecule has 0 radical (unpaired) electrons. The summed E-state index contributed by atoms with van der Waals surface area (Å²) < 4.78 is 15.1. The Bertz CT molecular complexity index is 812. The van der Waals surface area contributed by atoms with Gasteiger partial charge in [-0.1, -0.05) is 5.21 Å². The molecule has 0 unspecified atom stereocenters. The number of carbonyl (C=O) groups is 2. The van der Waals surface area contributed by atoms with Crippen LogP contribution in [0.3, 0.4) is 0 Å². The molecule has 0 aliphatic heterocycles. The summed E-state index contributed by atoms with van der Waals surface area (Å²) in [6.45, 7) is 0. The highest BCUT2D eigenvalue weighted by atomic mass is 19.1. The van der Waals surface area contributed by atoms with E-state index in [1.54, 1.807) is 7.05 Å². The minimum Gasteiger partial charge on any atom is -0.477 e. The van der Waals surface area contributed by atoms with Gasteiger partial charge in [-0.05, 0) is 24.3 Å². The van der Waals surface area contributed by atoms with Crippen molar-refractivity contribution < 1.29 is 19.1 Å². The minimum atomic E-state index is -1.45. The Morgan fingerprint density at radius 1 is 1.35 bits per heavy atom. The molecule has 0 saturated heterocycles. The van der Waals surface area contributed by atoms with Crippen LogP contribution in [0.15, 0.2) is 36.5 Å². The third-order valence-corrected chi connectivity index (χ3v) is 2.81. The summed E-state index contributed by atoms with van der Waals surface area (Å²) in [5.41, 5.74) is 0.469. The summed E-state index contributed by atoms with van der Waals surface area (Å²) in [4.78, 5) is 22.1. The zero-order valence-corrected chi connectivity index (χ0v) is 11.9. The molecule has 9 heteroatoms. The normalized spacial score (nSPS) is 10.7. The maximum Gasteiger partial charge on any atom is 0.353 e. The highest BCUT2D eigenvalue weighted by molar-refractivity contribution is 6.39. The van der Waals surface area contributed by atoms with Crippen LogP contribution in [0.5, 0.6) is 0 Å². The first-order valence-electron chi connectivity index (χ1n) is 6.33. The summed E-state index contributed by atoms with van der Waals surface area (Å²) in [6, 6.07) is 3.90. The van der Waals surface area contributed by atoms with Crippen molar-refractivity contribution in [1.82, 2.24) is 15.0 Å². The van der Waals surface area contributed by atoms with E-state index in [9.17, 15) is 14.0 Å². The predicted molar refractivity (Wildman–Crippen MR) is 79.5 cm³/mol. The quantitative estimate of drug-likeness (QED) is 0.565. The molecule has 0 fully saturated rings. The van der Waals surface area contributed by atoms with Crippen molar-refractivity contribution in [2.45, 2.75) is 0 Å². The second-order valence-electron chi connectivity index (χ2n) is 4.51. The number of nitrogens with zero attached hydrogens (tertiary/aromatic N) is 3. The average molecular weight is 317 g/mol.